The maximum Gasteiger partial charge on any atom is 0.243 e. The topological polar surface area (TPSA) is 77.0 Å². The first-order valence-electron chi connectivity index (χ1n) is 11.0. The second kappa shape index (κ2) is 11.3. The Hall–Kier alpha value is -1.79. The van der Waals surface area contributed by atoms with E-state index in [0.717, 1.165) is 57.6 Å². The van der Waals surface area contributed by atoms with Crippen LogP contribution in [0.4, 0.5) is 0 Å². The summed E-state index contributed by atoms with van der Waals surface area (Å²) in [6.45, 7) is 5.92. The summed E-state index contributed by atoms with van der Waals surface area (Å²) < 4.78 is 0. The quantitative estimate of drug-likeness (QED) is 0.512. The zero-order valence-electron chi connectivity index (χ0n) is 18.2. The minimum absolute atomic E-state index is 0.00175. The van der Waals surface area contributed by atoms with Crippen LogP contribution >= 0.6 is 0 Å². The lowest BCUT2D eigenvalue weighted by Crippen LogP contribution is -2.52. The van der Waals surface area contributed by atoms with Gasteiger partial charge in [-0.15, -0.1) is 0 Å². The Bertz CT molecular complexity index is 531. The van der Waals surface area contributed by atoms with Gasteiger partial charge in [-0.25, -0.2) is 4.99 Å². The van der Waals surface area contributed by atoms with Crippen molar-refractivity contribution in [2.75, 3.05) is 33.7 Å². The SMILES string of the molecule is CCC(CC)C(=O)N1CCC(NC(=NCC(=O)N(C)C)NC2CCCC2)CC1. The van der Waals surface area contributed by atoms with Crippen LogP contribution in [0.5, 0.6) is 0 Å². The fraction of sp³-hybridized carbons (Fsp3) is 0.857. The highest BCUT2D eigenvalue weighted by Crippen LogP contribution is 2.19. The Labute approximate surface area is 170 Å². The number of piperidine rings is 1. The number of amides is 2. The van der Waals surface area contributed by atoms with Crippen LogP contribution < -0.4 is 10.6 Å². The first-order chi connectivity index (χ1) is 13.4. The van der Waals surface area contributed by atoms with E-state index < -0.39 is 0 Å². The zero-order valence-corrected chi connectivity index (χ0v) is 18.2. The van der Waals surface area contributed by atoms with Gasteiger partial charge in [0.2, 0.25) is 11.8 Å². The van der Waals surface area contributed by atoms with Crippen LogP contribution in [-0.4, -0.2) is 73.4 Å². The van der Waals surface area contributed by atoms with E-state index in [0.29, 0.717) is 11.9 Å². The van der Waals surface area contributed by atoms with Crippen LogP contribution in [0.25, 0.3) is 0 Å². The molecule has 0 aromatic rings. The number of nitrogens with zero attached hydrogens (tertiary/aromatic N) is 3. The molecule has 1 aliphatic heterocycles. The molecule has 160 valence electrons. The number of nitrogens with one attached hydrogen (secondary N) is 2. The van der Waals surface area contributed by atoms with Crippen molar-refractivity contribution in [2.45, 2.75) is 77.3 Å². The Morgan fingerprint density at radius 3 is 2.04 bits per heavy atom. The van der Waals surface area contributed by atoms with Crippen LogP contribution in [0.2, 0.25) is 0 Å². The minimum atomic E-state index is -0.00175. The van der Waals surface area contributed by atoms with Crippen molar-refractivity contribution in [3.63, 3.8) is 0 Å². The third kappa shape index (κ3) is 6.67. The molecule has 28 heavy (non-hydrogen) atoms. The second-order valence-corrected chi connectivity index (χ2v) is 8.34. The highest BCUT2D eigenvalue weighted by Gasteiger charge is 2.27. The van der Waals surface area contributed by atoms with Gasteiger partial charge in [-0.1, -0.05) is 26.7 Å². The maximum absolute atomic E-state index is 12.6. The molecule has 1 heterocycles. The van der Waals surface area contributed by atoms with E-state index in [1.54, 1.807) is 19.0 Å². The van der Waals surface area contributed by atoms with Gasteiger partial charge in [-0.2, -0.15) is 0 Å². The number of hydrogen-bond acceptors (Lipinski definition) is 3. The molecule has 0 atom stereocenters. The first kappa shape index (κ1) is 22.5. The van der Waals surface area contributed by atoms with E-state index in [2.05, 4.69) is 29.5 Å². The lowest BCUT2D eigenvalue weighted by Gasteiger charge is -2.35. The monoisotopic (exact) mass is 393 g/mol. The third-order valence-corrected chi connectivity index (χ3v) is 6.05. The van der Waals surface area contributed by atoms with Crippen LogP contribution in [0.1, 0.15) is 65.2 Å². The maximum atomic E-state index is 12.6. The van der Waals surface area contributed by atoms with Crippen molar-refractivity contribution < 1.29 is 9.59 Å². The van der Waals surface area contributed by atoms with E-state index in [1.165, 1.54) is 12.8 Å². The highest BCUT2D eigenvalue weighted by atomic mass is 16.2. The van der Waals surface area contributed by atoms with Crippen molar-refractivity contribution >= 4 is 17.8 Å². The minimum Gasteiger partial charge on any atom is -0.354 e. The number of hydrogen-bond donors (Lipinski definition) is 2. The molecule has 1 aliphatic carbocycles. The van der Waals surface area contributed by atoms with Gasteiger partial charge in [-0.3, -0.25) is 9.59 Å². The van der Waals surface area contributed by atoms with Crippen molar-refractivity contribution in [2.24, 2.45) is 10.9 Å². The molecule has 2 aliphatic rings. The average molecular weight is 394 g/mol. The summed E-state index contributed by atoms with van der Waals surface area (Å²) in [5, 5.41) is 7.04. The van der Waals surface area contributed by atoms with Crippen LogP contribution in [0, 0.1) is 5.92 Å². The predicted octanol–water partition coefficient (Wildman–Crippen LogP) is 1.98. The molecule has 7 nitrogen and oxygen atoms in total. The Kier molecular flexibility index (Phi) is 9.06. The standard InChI is InChI=1S/C21H39N5O2/c1-5-16(6-2)20(28)26-13-11-18(12-14-26)24-21(22-15-19(27)25(3)4)23-17-9-7-8-10-17/h16-18H,5-15H2,1-4H3,(H2,22,23,24). The van der Waals surface area contributed by atoms with Gasteiger partial charge in [0, 0.05) is 45.2 Å². The number of carbonyl (C=O) groups is 2. The number of rotatable bonds is 7. The molecule has 2 fully saturated rings. The summed E-state index contributed by atoms with van der Waals surface area (Å²) in [4.78, 5) is 32.6. The molecule has 0 unspecified atom stereocenters. The molecule has 1 saturated heterocycles. The van der Waals surface area contributed by atoms with Crippen molar-refractivity contribution in [3.05, 3.63) is 0 Å². The normalized spacial score (nSPS) is 19.2. The van der Waals surface area contributed by atoms with Crippen molar-refractivity contribution in [1.82, 2.24) is 20.4 Å². The Balaban J connectivity index is 1.90. The van der Waals surface area contributed by atoms with E-state index in [1.807, 2.05) is 4.90 Å². The number of aliphatic imine (C=N–C) groups is 1. The van der Waals surface area contributed by atoms with E-state index in [9.17, 15) is 9.59 Å². The van der Waals surface area contributed by atoms with Crippen molar-refractivity contribution in [1.29, 1.82) is 0 Å². The molecular formula is C21H39N5O2. The summed E-state index contributed by atoms with van der Waals surface area (Å²) in [5.41, 5.74) is 0. The van der Waals surface area contributed by atoms with Gasteiger partial charge in [0.1, 0.15) is 6.54 Å². The van der Waals surface area contributed by atoms with Crippen LogP contribution in [0.3, 0.4) is 0 Å². The molecule has 7 heteroatoms. The van der Waals surface area contributed by atoms with E-state index >= 15 is 0 Å². The molecule has 0 aromatic heterocycles. The van der Waals surface area contributed by atoms with Gasteiger partial charge >= 0.3 is 0 Å². The summed E-state index contributed by atoms with van der Waals surface area (Å²) in [6, 6.07) is 0.727. The van der Waals surface area contributed by atoms with Crippen LogP contribution in [0.15, 0.2) is 4.99 Å². The number of likely N-dealkylation sites (tertiary alicyclic amines) is 1. The number of likely N-dealkylation sites (N-methyl/N-ethyl adjacent to an activating group) is 1. The van der Waals surface area contributed by atoms with E-state index in [-0.39, 0.29) is 24.4 Å². The average Bonchev–Trinajstić information content (AvgIpc) is 3.20. The van der Waals surface area contributed by atoms with Crippen LogP contribution in [-0.2, 0) is 9.59 Å². The van der Waals surface area contributed by atoms with Crippen molar-refractivity contribution in [3.8, 4) is 0 Å². The number of carbonyl (C=O) groups excluding carboxylic acids is 2. The van der Waals surface area contributed by atoms with Gasteiger partial charge in [0.25, 0.3) is 0 Å². The summed E-state index contributed by atoms with van der Waals surface area (Å²) >= 11 is 0. The lowest BCUT2D eigenvalue weighted by molar-refractivity contribution is -0.136. The predicted molar refractivity (Wildman–Crippen MR) is 113 cm³/mol. The Morgan fingerprint density at radius 2 is 1.54 bits per heavy atom. The zero-order chi connectivity index (χ0) is 20.5. The fourth-order valence-corrected chi connectivity index (χ4v) is 4.02. The highest BCUT2D eigenvalue weighted by molar-refractivity contribution is 5.85. The molecular weight excluding hydrogens is 354 g/mol. The number of guanidine groups is 1. The molecule has 0 spiro atoms. The summed E-state index contributed by atoms with van der Waals surface area (Å²) in [6.07, 6.45) is 8.47. The molecule has 1 saturated carbocycles. The van der Waals surface area contributed by atoms with Gasteiger partial charge in [0.15, 0.2) is 5.96 Å². The first-order valence-corrected chi connectivity index (χ1v) is 11.0. The van der Waals surface area contributed by atoms with Gasteiger partial charge < -0.3 is 20.4 Å². The molecule has 0 radical (unpaired) electrons. The molecule has 2 rings (SSSR count). The molecule has 0 aromatic carbocycles. The smallest absolute Gasteiger partial charge is 0.243 e. The molecule has 2 amide bonds. The fourth-order valence-electron chi connectivity index (χ4n) is 4.02. The largest absolute Gasteiger partial charge is 0.354 e. The lowest BCUT2D eigenvalue weighted by atomic mass is 9.98. The summed E-state index contributed by atoms with van der Waals surface area (Å²) in [7, 11) is 3.50. The van der Waals surface area contributed by atoms with Gasteiger partial charge in [0.05, 0.1) is 0 Å². The second-order valence-electron chi connectivity index (χ2n) is 8.34. The molecule has 0 bridgehead atoms. The van der Waals surface area contributed by atoms with E-state index in [4.69, 9.17) is 0 Å². The van der Waals surface area contributed by atoms with Gasteiger partial charge in [-0.05, 0) is 38.5 Å². The Morgan fingerprint density at radius 1 is 1.00 bits per heavy atom. The summed E-state index contributed by atoms with van der Waals surface area (Å²) in [5.74, 6) is 1.20. The molecule has 2 N–H and O–H groups in total. The third-order valence-electron chi connectivity index (χ3n) is 6.05.